The molecule has 1 fully saturated rings. The maximum Gasteiger partial charge on any atom is 0.319 e. The Morgan fingerprint density at radius 1 is 1.36 bits per heavy atom. The number of hydrogen-bond donors (Lipinski definition) is 2. The number of carbonyl (C=O) groups excluding carboxylic acids is 1. The first kappa shape index (κ1) is 17.0. The van der Waals surface area contributed by atoms with Crippen LogP contribution in [-0.2, 0) is 16.6 Å². The minimum Gasteiger partial charge on any atom is -0.335 e. The fourth-order valence-corrected chi connectivity index (χ4v) is 3.11. The minimum absolute atomic E-state index is 0.173. The molecule has 5 heteroatoms. The number of urea groups is 1. The van der Waals surface area contributed by atoms with E-state index in [9.17, 15) is 9.00 Å². The molecule has 1 aliphatic carbocycles. The molecule has 0 bridgehead atoms. The normalized spacial score (nSPS) is 17.6. The maximum absolute atomic E-state index is 12.2. The third kappa shape index (κ3) is 5.13. The Balaban J connectivity index is 1.93. The molecule has 1 aliphatic rings. The molecule has 2 atom stereocenters. The van der Waals surface area contributed by atoms with Gasteiger partial charge in [0.1, 0.15) is 0 Å². The first-order chi connectivity index (χ1) is 10.3. The summed E-state index contributed by atoms with van der Waals surface area (Å²) in [4.78, 5) is 12.0. The second-order valence-electron chi connectivity index (χ2n) is 7.03. The van der Waals surface area contributed by atoms with Crippen LogP contribution in [-0.4, -0.2) is 21.0 Å². The first-order valence-corrected chi connectivity index (χ1v) is 9.12. The fourth-order valence-electron chi connectivity index (χ4n) is 2.19. The summed E-state index contributed by atoms with van der Waals surface area (Å²) in [6.45, 7) is 7.95. The molecule has 122 valence electrons. The highest BCUT2D eigenvalue weighted by Gasteiger charge is 2.28. The second-order valence-corrected chi connectivity index (χ2v) is 9.23. The van der Waals surface area contributed by atoms with Crippen molar-refractivity contribution in [2.45, 2.75) is 57.1 Å². The van der Waals surface area contributed by atoms with Crippen LogP contribution in [0.4, 0.5) is 10.5 Å². The van der Waals surface area contributed by atoms with Gasteiger partial charge in [-0.25, -0.2) is 4.79 Å². The molecule has 22 heavy (non-hydrogen) atoms. The number of nitrogens with one attached hydrogen (secondary N) is 2. The predicted molar refractivity (Wildman–Crippen MR) is 92.4 cm³/mol. The molecule has 4 nitrogen and oxygen atoms in total. The summed E-state index contributed by atoms with van der Waals surface area (Å²) in [6.07, 6.45) is 2.41. The summed E-state index contributed by atoms with van der Waals surface area (Å²) in [5, 5.41) is 5.82. The van der Waals surface area contributed by atoms with E-state index in [0.717, 1.165) is 11.3 Å². The number of benzene rings is 1. The van der Waals surface area contributed by atoms with Crippen LogP contribution >= 0.6 is 0 Å². The average Bonchev–Trinajstić information content (AvgIpc) is 3.21. The average molecular weight is 322 g/mol. The lowest BCUT2D eigenvalue weighted by Gasteiger charge is -2.18. The van der Waals surface area contributed by atoms with E-state index in [1.165, 1.54) is 12.8 Å². The van der Waals surface area contributed by atoms with Gasteiger partial charge in [0.25, 0.3) is 0 Å². The van der Waals surface area contributed by atoms with Gasteiger partial charge >= 0.3 is 6.03 Å². The molecule has 2 N–H and O–H groups in total. The van der Waals surface area contributed by atoms with Crippen LogP contribution in [0.15, 0.2) is 24.3 Å². The zero-order valence-electron chi connectivity index (χ0n) is 13.8. The lowest BCUT2D eigenvalue weighted by Crippen LogP contribution is -2.37. The smallest absolute Gasteiger partial charge is 0.319 e. The molecule has 0 heterocycles. The zero-order chi connectivity index (χ0) is 16.3. The van der Waals surface area contributed by atoms with Crippen LogP contribution in [0.25, 0.3) is 0 Å². The number of hydrogen-bond acceptors (Lipinski definition) is 2. The van der Waals surface area contributed by atoms with E-state index < -0.39 is 10.8 Å². The van der Waals surface area contributed by atoms with E-state index in [-0.39, 0.29) is 16.8 Å². The van der Waals surface area contributed by atoms with Crippen LogP contribution in [0.5, 0.6) is 0 Å². The van der Waals surface area contributed by atoms with Crippen molar-refractivity contribution >= 4 is 22.5 Å². The number of anilines is 1. The van der Waals surface area contributed by atoms with E-state index in [4.69, 9.17) is 0 Å². The summed E-state index contributed by atoms with van der Waals surface area (Å²) >= 11 is 0. The third-order valence-corrected chi connectivity index (χ3v) is 5.82. The monoisotopic (exact) mass is 322 g/mol. The number of amides is 2. The number of rotatable bonds is 5. The van der Waals surface area contributed by atoms with Crippen molar-refractivity contribution in [1.82, 2.24) is 5.32 Å². The molecule has 0 spiro atoms. The maximum atomic E-state index is 12.2. The Morgan fingerprint density at radius 3 is 2.64 bits per heavy atom. The van der Waals surface area contributed by atoms with Crippen LogP contribution in [0.2, 0.25) is 0 Å². The molecule has 2 amide bonds. The van der Waals surface area contributed by atoms with Gasteiger partial charge in [-0.1, -0.05) is 12.1 Å². The van der Waals surface area contributed by atoms with Gasteiger partial charge in [-0.2, -0.15) is 0 Å². The molecule has 1 aromatic rings. The minimum atomic E-state index is -0.945. The Morgan fingerprint density at radius 2 is 2.05 bits per heavy atom. The van der Waals surface area contributed by atoms with E-state index >= 15 is 0 Å². The van der Waals surface area contributed by atoms with E-state index in [1.54, 1.807) is 0 Å². The molecule has 0 radical (unpaired) electrons. The molecular weight excluding hydrogens is 296 g/mol. The molecule has 0 saturated heterocycles. The van der Waals surface area contributed by atoms with Crippen LogP contribution in [0, 0.1) is 5.92 Å². The topological polar surface area (TPSA) is 58.2 Å². The summed E-state index contributed by atoms with van der Waals surface area (Å²) in [5.74, 6) is 1.13. The van der Waals surface area contributed by atoms with Crippen molar-refractivity contribution in [3.05, 3.63) is 29.8 Å². The molecular formula is C17H26N2O2S. The molecule has 1 aromatic carbocycles. The lowest BCUT2D eigenvalue weighted by molar-refractivity contribution is 0.248. The molecule has 2 rings (SSSR count). The summed E-state index contributed by atoms with van der Waals surface area (Å²) in [7, 11) is -0.945. The summed E-state index contributed by atoms with van der Waals surface area (Å²) in [5.41, 5.74) is 1.71. The largest absolute Gasteiger partial charge is 0.335 e. The van der Waals surface area contributed by atoms with Crippen molar-refractivity contribution in [2.24, 2.45) is 5.92 Å². The molecule has 1 saturated carbocycles. The Bertz CT molecular complexity index is 562. The van der Waals surface area contributed by atoms with Gasteiger partial charge < -0.3 is 10.6 Å². The highest BCUT2D eigenvalue weighted by atomic mass is 32.2. The Hall–Kier alpha value is -1.36. The van der Waals surface area contributed by atoms with Gasteiger partial charge in [-0.05, 0) is 64.2 Å². The highest BCUT2D eigenvalue weighted by Crippen LogP contribution is 2.32. The highest BCUT2D eigenvalue weighted by molar-refractivity contribution is 7.85. The van der Waals surface area contributed by atoms with Crippen molar-refractivity contribution in [3.63, 3.8) is 0 Å². The summed E-state index contributed by atoms with van der Waals surface area (Å²) in [6, 6.07) is 7.62. The fraction of sp³-hybridized carbons (Fsp3) is 0.588. The van der Waals surface area contributed by atoms with Gasteiger partial charge in [-0.3, -0.25) is 4.21 Å². The van der Waals surface area contributed by atoms with E-state index in [0.29, 0.717) is 11.7 Å². The molecule has 0 aliphatic heterocycles. The lowest BCUT2D eigenvalue weighted by atomic mass is 10.2. The summed E-state index contributed by atoms with van der Waals surface area (Å²) < 4.78 is 12.0. The second kappa shape index (κ2) is 6.82. The van der Waals surface area contributed by atoms with Crippen molar-refractivity contribution in [1.29, 1.82) is 0 Å². The van der Waals surface area contributed by atoms with Gasteiger partial charge in [0, 0.05) is 33.0 Å². The van der Waals surface area contributed by atoms with Gasteiger partial charge in [0.05, 0.1) is 0 Å². The van der Waals surface area contributed by atoms with Gasteiger partial charge in [0.15, 0.2) is 0 Å². The van der Waals surface area contributed by atoms with Crippen LogP contribution < -0.4 is 10.6 Å². The Labute approximate surface area is 135 Å². The quantitative estimate of drug-likeness (QED) is 0.869. The van der Waals surface area contributed by atoms with Crippen LogP contribution in [0.3, 0.4) is 0 Å². The van der Waals surface area contributed by atoms with E-state index in [1.807, 2.05) is 52.0 Å². The first-order valence-electron chi connectivity index (χ1n) is 7.80. The van der Waals surface area contributed by atoms with Gasteiger partial charge in [0.2, 0.25) is 0 Å². The molecule has 2 unspecified atom stereocenters. The van der Waals surface area contributed by atoms with Gasteiger partial charge in [-0.15, -0.1) is 0 Å². The standard InChI is InChI=1S/C17H26N2O2S/c1-12(14-8-9-14)18-16(20)19-15-7-5-6-13(10-15)11-22(21)17(2,3)4/h5-7,10,12,14H,8-9,11H2,1-4H3,(H2,18,19,20). The third-order valence-electron chi connectivity index (χ3n) is 3.85. The van der Waals surface area contributed by atoms with Crippen LogP contribution in [0.1, 0.15) is 46.1 Å². The Kier molecular flexibility index (Phi) is 5.27. The van der Waals surface area contributed by atoms with Crippen molar-refractivity contribution in [2.75, 3.05) is 5.32 Å². The SMILES string of the molecule is CC(NC(=O)Nc1cccc(CS(=O)C(C)(C)C)c1)C1CC1. The number of carbonyl (C=O) groups is 1. The van der Waals surface area contributed by atoms with Crippen molar-refractivity contribution in [3.8, 4) is 0 Å². The molecule has 0 aromatic heterocycles. The van der Waals surface area contributed by atoms with Crippen molar-refractivity contribution < 1.29 is 9.00 Å². The predicted octanol–water partition coefficient (Wildman–Crippen LogP) is 3.65. The zero-order valence-corrected chi connectivity index (χ0v) is 14.6. The van der Waals surface area contributed by atoms with E-state index in [2.05, 4.69) is 10.6 Å².